The van der Waals surface area contributed by atoms with Crippen LogP contribution >= 0.6 is 0 Å². The lowest BCUT2D eigenvalue weighted by Gasteiger charge is -2.40. The number of carbonyl (C=O) groups excluding carboxylic acids is 3. The van der Waals surface area contributed by atoms with E-state index in [4.69, 9.17) is 4.74 Å². The first-order valence-electron chi connectivity index (χ1n) is 16.2. The highest BCUT2D eigenvalue weighted by atomic mass is 16.6. The van der Waals surface area contributed by atoms with Crippen LogP contribution in [-0.2, 0) is 22.4 Å². The Morgan fingerprint density at radius 3 is 2.02 bits per heavy atom. The molecule has 2 atom stereocenters. The Hall–Kier alpha value is -5.04. The molecule has 242 valence electrons. The predicted molar refractivity (Wildman–Crippen MR) is 175 cm³/mol. The molecule has 3 fully saturated rings. The van der Waals surface area contributed by atoms with E-state index >= 15 is 0 Å². The van der Waals surface area contributed by atoms with Gasteiger partial charge in [-0.2, -0.15) is 5.26 Å². The van der Waals surface area contributed by atoms with E-state index in [0.717, 1.165) is 36.8 Å². The van der Waals surface area contributed by atoms with Crippen LogP contribution in [0.5, 0.6) is 0 Å². The van der Waals surface area contributed by atoms with Crippen molar-refractivity contribution in [3.8, 4) is 6.07 Å². The second-order valence-corrected chi connectivity index (χ2v) is 13.9. The normalized spacial score (nSPS) is 22.6. The fraction of sp³-hybridized carbons (Fsp3) is 0.405. The lowest BCUT2D eigenvalue weighted by Crippen LogP contribution is -2.52. The molecule has 1 aromatic carbocycles. The third-order valence-electron chi connectivity index (χ3n) is 9.27. The third kappa shape index (κ3) is 7.04. The Balaban J connectivity index is 1.32. The highest BCUT2D eigenvalue weighted by molar-refractivity contribution is 6.06. The number of amides is 2. The summed E-state index contributed by atoms with van der Waals surface area (Å²) in [5.41, 5.74) is 1.14. The fourth-order valence-electron chi connectivity index (χ4n) is 7.26. The van der Waals surface area contributed by atoms with E-state index in [1.807, 2.05) is 49.9 Å². The highest BCUT2D eigenvalue weighted by Crippen LogP contribution is 2.41. The van der Waals surface area contributed by atoms with Gasteiger partial charge in [0, 0.05) is 67.9 Å². The zero-order chi connectivity index (χ0) is 33.2. The van der Waals surface area contributed by atoms with Gasteiger partial charge in [-0.05, 0) is 112 Å². The number of nitrogens with zero attached hydrogens (tertiary/aromatic N) is 5. The number of hydrogen-bond acceptors (Lipinski definition) is 8. The van der Waals surface area contributed by atoms with Gasteiger partial charge in [-0.15, -0.1) is 0 Å². The average Bonchev–Trinajstić information content (AvgIpc) is 3.46. The molecule has 0 radical (unpaired) electrons. The van der Waals surface area contributed by atoms with Gasteiger partial charge in [-0.3, -0.25) is 24.5 Å². The number of hydrogen-bond donors (Lipinski definition) is 1. The van der Waals surface area contributed by atoms with Crippen LogP contribution in [0.2, 0.25) is 0 Å². The van der Waals surface area contributed by atoms with Crippen molar-refractivity contribution >= 4 is 17.8 Å². The number of fused-ring (bicyclic) bond motifs is 2. The van der Waals surface area contributed by atoms with E-state index in [9.17, 15) is 19.6 Å². The summed E-state index contributed by atoms with van der Waals surface area (Å²) in [6, 6.07) is 16.3. The summed E-state index contributed by atoms with van der Waals surface area (Å²) in [4.78, 5) is 53.5. The molecule has 2 amide bonds. The fourth-order valence-corrected chi connectivity index (χ4v) is 7.26. The number of nitrogens with one attached hydrogen (secondary N) is 1. The number of benzene rings is 1. The molecular formula is C37H40N6O4. The average molecular weight is 633 g/mol. The number of aromatic nitrogens is 2. The van der Waals surface area contributed by atoms with Gasteiger partial charge in [0.15, 0.2) is 5.78 Å². The summed E-state index contributed by atoms with van der Waals surface area (Å²) in [5.74, 6) is 0.211. The maximum Gasteiger partial charge on any atom is 0.410 e. The van der Waals surface area contributed by atoms with E-state index in [1.54, 1.807) is 54.0 Å². The number of piperidine rings is 1. The molecule has 1 N–H and O–H groups in total. The first-order chi connectivity index (χ1) is 22.5. The van der Waals surface area contributed by atoms with Gasteiger partial charge < -0.3 is 15.0 Å². The minimum Gasteiger partial charge on any atom is -0.444 e. The van der Waals surface area contributed by atoms with Gasteiger partial charge in [0.05, 0.1) is 11.6 Å². The maximum atomic E-state index is 14.8. The van der Waals surface area contributed by atoms with E-state index in [1.165, 1.54) is 6.08 Å². The van der Waals surface area contributed by atoms with Crippen LogP contribution in [0.15, 0.2) is 85.2 Å². The van der Waals surface area contributed by atoms with Crippen LogP contribution in [0, 0.1) is 17.2 Å². The van der Waals surface area contributed by atoms with Crippen LogP contribution in [0.4, 0.5) is 4.79 Å². The Bertz CT molecular complexity index is 1640. The molecule has 0 aliphatic carbocycles. The number of allylic oxidation sites excluding steroid dienone is 1. The standard InChI is InChI=1S/C37H40N6O4/c1-36(2,3)47-35(46)43-30-8-9-31(43)19-28(18-30)24-42-33(20-32(44)29-6-4-27(23-38)5-7-29)41-37(34(42)45,21-25-10-14-39-15-11-25)22-26-12-16-40-17-13-26/h4-7,10-17,20,28,30-31,41H,8-9,18-19,21-22,24H2,1-3H3. The minimum absolute atomic E-state index is 0.0466. The monoisotopic (exact) mass is 632 g/mol. The second kappa shape index (κ2) is 13.0. The van der Waals surface area contributed by atoms with Gasteiger partial charge in [0.1, 0.15) is 17.0 Å². The molecule has 3 aliphatic heterocycles. The van der Waals surface area contributed by atoms with Gasteiger partial charge in [0.25, 0.3) is 5.91 Å². The zero-order valence-electron chi connectivity index (χ0n) is 27.1. The number of pyridine rings is 2. The maximum absolute atomic E-state index is 14.8. The molecule has 3 aromatic rings. The Labute approximate surface area is 275 Å². The third-order valence-corrected chi connectivity index (χ3v) is 9.27. The molecule has 10 heteroatoms. The Morgan fingerprint density at radius 1 is 0.957 bits per heavy atom. The summed E-state index contributed by atoms with van der Waals surface area (Å²) in [7, 11) is 0. The first-order valence-corrected chi connectivity index (χ1v) is 16.2. The van der Waals surface area contributed by atoms with Crippen molar-refractivity contribution in [2.24, 2.45) is 5.92 Å². The summed E-state index contributed by atoms with van der Waals surface area (Å²) in [5, 5.41) is 12.8. The number of ether oxygens (including phenoxy) is 1. The van der Waals surface area contributed by atoms with Crippen LogP contribution < -0.4 is 5.32 Å². The van der Waals surface area contributed by atoms with E-state index in [0.29, 0.717) is 36.3 Å². The molecule has 10 nitrogen and oxygen atoms in total. The lowest BCUT2D eigenvalue weighted by molar-refractivity contribution is -0.132. The van der Waals surface area contributed by atoms with Crippen molar-refractivity contribution in [2.75, 3.05) is 6.54 Å². The first kappa shape index (κ1) is 31.9. The Morgan fingerprint density at radius 2 is 1.51 bits per heavy atom. The predicted octanol–water partition coefficient (Wildman–Crippen LogP) is 5.21. The van der Waals surface area contributed by atoms with Crippen molar-refractivity contribution in [3.63, 3.8) is 0 Å². The SMILES string of the molecule is CC(C)(C)OC(=O)N1C2CCC1CC(CN1C(=O)C(Cc3ccncc3)(Cc3ccncc3)NC1=CC(=O)c1ccc(C#N)cc1)C2. The molecule has 0 saturated carbocycles. The van der Waals surface area contributed by atoms with Gasteiger partial charge >= 0.3 is 6.09 Å². The van der Waals surface area contributed by atoms with Gasteiger partial charge in [-0.25, -0.2) is 4.79 Å². The number of nitriles is 1. The van der Waals surface area contributed by atoms with Crippen molar-refractivity contribution in [2.45, 2.75) is 82.5 Å². The van der Waals surface area contributed by atoms with Crippen molar-refractivity contribution < 1.29 is 19.1 Å². The van der Waals surface area contributed by atoms with Crippen molar-refractivity contribution in [1.29, 1.82) is 5.26 Å². The smallest absolute Gasteiger partial charge is 0.410 e. The molecule has 5 heterocycles. The molecule has 0 spiro atoms. The largest absolute Gasteiger partial charge is 0.444 e. The Kier molecular flexibility index (Phi) is 8.82. The van der Waals surface area contributed by atoms with Crippen LogP contribution in [0.25, 0.3) is 0 Å². The highest BCUT2D eigenvalue weighted by Gasteiger charge is 2.51. The number of ketones is 1. The summed E-state index contributed by atoms with van der Waals surface area (Å²) >= 11 is 0. The summed E-state index contributed by atoms with van der Waals surface area (Å²) < 4.78 is 5.74. The molecule has 2 bridgehead atoms. The van der Waals surface area contributed by atoms with Crippen molar-refractivity contribution in [1.82, 2.24) is 25.1 Å². The summed E-state index contributed by atoms with van der Waals surface area (Å²) in [6.45, 7) is 6.05. The van der Waals surface area contributed by atoms with E-state index in [2.05, 4.69) is 21.4 Å². The molecule has 2 unspecified atom stereocenters. The number of rotatable bonds is 8. The van der Waals surface area contributed by atoms with E-state index < -0.39 is 11.1 Å². The van der Waals surface area contributed by atoms with Crippen LogP contribution in [0.3, 0.4) is 0 Å². The zero-order valence-corrected chi connectivity index (χ0v) is 27.1. The van der Waals surface area contributed by atoms with Crippen molar-refractivity contribution in [3.05, 3.63) is 107 Å². The second-order valence-electron chi connectivity index (χ2n) is 13.9. The van der Waals surface area contributed by atoms with Gasteiger partial charge in [-0.1, -0.05) is 0 Å². The molecule has 47 heavy (non-hydrogen) atoms. The topological polar surface area (TPSA) is 129 Å². The van der Waals surface area contributed by atoms with Crippen LogP contribution in [0.1, 0.15) is 73.5 Å². The minimum atomic E-state index is -1.06. The molecular weight excluding hydrogens is 592 g/mol. The van der Waals surface area contributed by atoms with Gasteiger partial charge in [0.2, 0.25) is 0 Å². The lowest BCUT2D eigenvalue weighted by atomic mass is 9.84. The molecule has 3 aliphatic rings. The molecule has 3 saturated heterocycles. The quantitative estimate of drug-likeness (QED) is 0.265. The summed E-state index contributed by atoms with van der Waals surface area (Å²) in [6.07, 6.45) is 12.2. The molecule has 2 aromatic heterocycles. The van der Waals surface area contributed by atoms with Crippen LogP contribution in [-0.4, -0.2) is 67.3 Å². The van der Waals surface area contributed by atoms with E-state index in [-0.39, 0.29) is 35.8 Å². The molecule has 6 rings (SSSR count). The number of carbonyl (C=O) groups is 3.